The largest absolute Gasteiger partial charge is 0.511 e. The molecule has 5 N–H and O–H groups in total. The summed E-state index contributed by atoms with van der Waals surface area (Å²) >= 11 is 0. The Kier molecular flexibility index (Phi) is 6.06. The van der Waals surface area contributed by atoms with Gasteiger partial charge in [-0.25, -0.2) is 0 Å². The Hall–Kier alpha value is -4.11. The fourth-order valence-electron chi connectivity index (χ4n) is 6.48. The summed E-state index contributed by atoms with van der Waals surface area (Å²) in [5.74, 6) is -5.65. The van der Waals surface area contributed by atoms with Crippen LogP contribution in [0.1, 0.15) is 22.3 Å². The molecule has 198 valence electrons. The molecule has 2 aromatic rings. The van der Waals surface area contributed by atoms with Gasteiger partial charge in [-0.05, 0) is 73.7 Å². The van der Waals surface area contributed by atoms with E-state index in [1.165, 1.54) is 6.07 Å². The number of nitrogens with zero attached hydrogens (tertiary/aromatic N) is 2. The van der Waals surface area contributed by atoms with Crippen LogP contribution in [0.15, 0.2) is 59.1 Å². The van der Waals surface area contributed by atoms with Crippen LogP contribution in [0.4, 0.5) is 5.69 Å². The molecule has 1 amide bonds. The van der Waals surface area contributed by atoms with Crippen LogP contribution in [0, 0.1) is 17.8 Å². The smallest absolute Gasteiger partial charge is 0.255 e. The third-order valence-electron chi connectivity index (χ3n) is 8.14. The van der Waals surface area contributed by atoms with Gasteiger partial charge in [0.1, 0.15) is 22.8 Å². The van der Waals surface area contributed by atoms with Crippen molar-refractivity contribution in [2.75, 3.05) is 33.1 Å². The summed E-state index contributed by atoms with van der Waals surface area (Å²) in [4.78, 5) is 42.9. The first-order chi connectivity index (χ1) is 17.9. The lowest BCUT2D eigenvalue weighted by molar-refractivity contribution is -0.127. The number of phenolic OH excluding ortho intramolecular Hbond substituents is 1. The molecule has 0 heterocycles. The molecule has 2 aromatic carbocycles. The maximum Gasteiger partial charge on any atom is 0.255 e. The molecule has 3 aliphatic carbocycles. The summed E-state index contributed by atoms with van der Waals surface area (Å²) in [6.45, 7) is 0. The van der Waals surface area contributed by atoms with Crippen molar-refractivity contribution < 1.29 is 29.7 Å². The monoisotopic (exact) mass is 517 g/mol. The van der Waals surface area contributed by atoms with Crippen molar-refractivity contribution >= 4 is 23.2 Å². The number of benzene rings is 2. The van der Waals surface area contributed by atoms with E-state index in [0.29, 0.717) is 18.4 Å². The molecule has 0 saturated carbocycles. The maximum atomic E-state index is 13.8. The van der Waals surface area contributed by atoms with Crippen molar-refractivity contribution in [3.63, 3.8) is 0 Å². The molecule has 0 aliphatic heterocycles. The number of aromatic hydroxyl groups is 1. The van der Waals surface area contributed by atoms with Crippen molar-refractivity contribution in [2.24, 2.45) is 23.5 Å². The molecular weight excluding hydrogens is 486 g/mol. The van der Waals surface area contributed by atoms with Crippen molar-refractivity contribution in [3.8, 4) is 16.9 Å². The SMILES string of the molecule is CN(C)c1ccc(-c2ccc(O)c3c2CC2CC4C(C(=O)C(C(N)=O)=C(O)[C@H]4N(C)C)C(O)=C2C3=O)cc1. The molecule has 5 rings (SSSR count). The average molecular weight is 518 g/mol. The van der Waals surface area contributed by atoms with Crippen LogP contribution in [0.25, 0.3) is 11.1 Å². The van der Waals surface area contributed by atoms with Gasteiger partial charge in [0.2, 0.25) is 0 Å². The highest BCUT2D eigenvalue weighted by atomic mass is 16.3. The van der Waals surface area contributed by atoms with Gasteiger partial charge in [0.25, 0.3) is 5.91 Å². The molecule has 38 heavy (non-hydrogen) atoms. The Balaban J connectivity index is 1.65. The number of nitrogens with two attached hydrogens (primary N) is 1. The van der Waals surface area contributed by atoms with E-state index in [9.17, 15) is 29.7 Å². The summed E-state index contributed by atoms with van der Waals surface area (Å²) in [7, 11) is 7.31. The summed E-state index contributed by atoms with van der Waals surface area (Å²) in [5.41, 5.74) is 8.44. The van der Waals surface area contributed by atoms with Crippen LogP contribution in [-0.4, -0.2) is 71.9 Å². The van der Waals surface area contributed by atoms with Crippen LogP contribution >= 0.6 is 0 Å². The number of primary amides is 1. The van der Waals surface area contributed by atoms with Gasteiger partial charge < -0.3 is 26.0 Å². The van der Waals surface area contributed by atoms with Crippen molar-refractivity contribution in [1.29, 1.82) is 0 Å². The summed E-state index contributed by atoms with van der Waals surface area (Å²) in [6, 6.07) is 10.4. The van der Waals surface area contributed by atoms with Crippen LogP contribution < -0.4 is 10.6 Å². The lowest BCUT2D eigenvalue weighted by atomic mass is 9.60. The van der Waals surface area contributed by atoms with Crippen LogP contribution in [0.2, 0.25) is 0 Å². The summed E-state index contributed by atoms with van der Waals surface area (Å²) < 4.78 is 0. The summed E-state index contributed by atoms with van der Waals surface area (Å²) in [6.07, 6.45) is 0.666. The van der Waals surface area contributed by atoms with E-state index in [2.05, 4.69) is 0 Å². The third kappa shape index (κ3) is 3.68. The predicted octanol–water partition coefficient (Wildman–Crippen LogP) is 2.74. The molecule has 0 aromatic heterocycles. The minimum atomic E-state index is -1.19. The first-order valence-corrected chi connectivity index (χ1v) is 12.5. The number of carbonyl (C=O) groups is 3. The number of rotatable bonds is 4. The van der Waals surface area contributed by atoms with Crippen LogP contribution in [0.5, 0.6) is 5.75 Å². The molecule has 3 unspecified atom stereocenters. The lowest BCUT2D eigenvalue weighted by Crippen LogP contribution is -2.53. The fraction of sp³-hybridized carbons (Fsp3) is 0.345. The van der Waals surface area contributed by atoms with Crippen LogP contribution in [0.3, 0.4) is 0 Å². The number of carbonyl (C=O) groups excluding carboxylic acids is 3. The third-order valence-corrected chi connectivity index (χ3v) is 8.14. The number of aliphatic hydroxyl groups is 2. The number of ketones is 2. The second-order valence-corrected chi connectivity index (χ2v) is 10.7. The number of amides is 1. The Morgan fingerprint density at radius 1 is 0.947 bits per heavy atom. The van der Waals surface area contributed by atoms with E-state index in [1.807, 2.05) is 43.3 Å². The molecule has 0 spiro atoms. The van der Waals surface area contributed by atoms with Crippen molar-refractivity contribution in [3.05, 3.63) is 70.2 Å². The van der Waals surface area contributed by atoms with E-state index in [0.717, 1.165) is 16.8 Å². The number of hydrogen-bond acceptors (Lipinski definition) is 8. The minimum absolute atomic E-state index is 0.0743. The number of fused-ring (bicyclic) bond motifs is 3. The molecule has 0 bridgehead atoms. The van der Waals surface area contributed by atoms with Crippen molar-refractivity contribution in [2.45, 2.75) is 18.9 Å². The van der Waals surface area contributed by atoms with Gasteiger partial charge in [0, 0.05) is 25.4 Å². The van der Waals surface area contributed by atoms with Crippen molar-refractivity contribution in [1.82, 2.24) is 4.90 Å². The highest BCUT2D eigenvalue weighted by Gasteiger charge is 2.54. The average Bonchev–Trinajstić information content (AvgIpc) is 2.83. The summed E-state index contributed by atoms with van der Waals surface area (Å²) in [5, 5.41) is 33.0. The Labute approximate surface area is 220 Å². The van der Waals surface area contributed by atoms with E-state index in [1.54, 1.807) is 25.1 Å². The van der Waals surface area contributed by atoms with Gasteiger partial charge in [-0.2, -0.15) is 0 Å². The number of likely N-dealkylation sites (N-methyl/N-ethyl adjacent to an activating group) is 1. The number of hydrogen-bond donors (Lipinski definition) is 4. The first-order valence-electron chi connectivity index (χ1n) is 12.5. The Morgan fingerprint density at radius 2 is 1.61 bits per heavy atom. The quantitative estimate of drug-likeness (QED) is 0.453. The zero-order valence-electron chi connectivity index (χ0n) is 21.7. The normalized spacial score (nSPS) is 24.8. The molecule has 9 nitrogen and oxygen atoms in total. The lowest BCUT2D eigenvalue weighted by Gasteiger charge is -2.46. The predicted molar refractivity (Wildman–Crippen MR) is 142 cm³/mol. The second kappa shape index (κ2) is 9.02. The highest BCUT2D eigenvalue weighted by Crippen LogP contribution is 2.51. The second-order valence-electron chi connectivity index (χ2n) is 10.7. The number of anilines is 1. The Morgan fingerprint density at radius 3 is 2.18 bits per heavy atom. The topological polar surface area (TPSA) is 144 Å². The van der Waals surface area contributed by atoms with Gasteiger partial charge in [-0.3, -0.25) is 19.3 Å². The van der Waals surface area contributed by atoms with E-state index >= 15 is 0 Å². The fourth-order valence-corrected chi connectivity index (χ4v) is 6.48. The number of aliphatic hydroxyl groups excluding tert-OH is 2. The number of allylic oxidation sites excluding steroid dienone is 2. The molecule has 0 saturated heterocycles. The molecule has 3 aliphatic rings. The minimum Gasteiger partial charge on any atom is -0.511 e. The molecule has 0 radical (unpaired) electrons. The number of Topliss-reactive ketones (excluding diaryl/α,β-unsaturated/α-hetero) is 2. The van der Waals surface area contributed by atoms with Gasteiger partial charge in [0.05, 0.1) is 17.5 Å². The molecule has 9 heteroatoms. The zero-order valence-corrected chi connectivity index (χ0v) is 21.7. The maximum absolute atomic E-state index is 13.8. The molecule has 4 atom stereocenters. The molecular formula is C29H31N3O6. The van der Waals surface area contributed by atoms with E-state index < -0.39 is 58.4 Å². The first kappa shape index (κ1) is 25.5. The van der Waals surface area contributed by atoms with E-state index in [-0.39, 0.29) is 16.9 Å². The van der Waals surface area contributed by atoms with Gasteiger partial charge in [-0.1, -0.05) is 18.2 Å². The Bertz CT molecular complexity index is 1440. The number of phenols is 1. The highest BCUT2D eigenvalue weighted by molar-refractivity contribution is 6.22. The van der Waals surface area contributed by atoms with Gasteiger partial charge in [0.15, 0.2) is 11.6 Å². The zero-order chi connectivity index (χ0) is 27.6. The van der Waals surface area contributed by atoms with Gasteiger partial charge in [-0.15, -0.1) is 0 Å². The standard InChI is InChI=1S/C29H31N3O6/c1-31(2)15-7-5-13(6-8-15)16-9-10-19(33)21-17(16)11-14-12-18-22(26(35)20(14)25(21)34)27(36)23(29(30)38)28(37)24(18)32(3)4/h5-10,14,18,22,24,33,35,37H,11-12H2,1-4H3,(H2,30,38)/t14?,18?,22?,24-/m0/s1. The van der Waals surface area contributed by atoms with E-state index in [4.69, 9.17) is 5.73 Å². The molecule has 0 fully saturated rings. The van der Waals surface area contributed by atoms with Gasteiger partial charge >= 0.3 is 0 Å². The van der Waals surface area contributed by atoms with Crippen LogP contribution in [-0.2, 0) is 16.0 Å².